The fourth-order valence-electron chi connectivity index (χ4n) is 0.547. The van der Waals surface area contributed by atoms with E-state index in [1.165, 1.54) is 18.7 Å². The average Bonchev–Trinajstić information content (AvgIpc) is 1.98. The Hall–Kier alpha value is 0.740. The highest BCUT2D eigenvalue weighted by molar-refractivity contribution is 8.49. The SMILES string of the molecule is CCC(C)(C)PSCCN(C)C. The number of hydrogen-bond donors (Lipinski definition) is 0. The van der Waals surface area contributed by atoms with Gasteiger partial charge in [0.15, 0.2) is 0 Å². The van der Waals surface area contributed by atoms with E-state index in [1.807, 2.05) is 0 Å². The average molecular weight is 207 g/mol. The first-order chi connectivity index (χ1) is 5.48. The van der Waals surface area contributed by atoms with Crippen LogP contribution in [0.4, 0.5) is 0 Å². The second-order valence-corrected chi connectivity index (χ2v) is 7.72. The minimum absolute atomic E-state index is 0.553. The van der Waals surface area contributed by atoms with E-state index >= 15 is 0 Å². The van der Waals surface area contributed by atoms with Gasteiger partial charge in [-0.1, -0.05) is 28.6 Å². The molecule has 0 spiro atoms. The summed E-state index contributed by atoms with van der Waals surface area (Å²) < 4.78 is 0. The number of rotatable bonds is 6. The van der Waals surface area contributed by atoms with Crippen LogP contribution in [0.15, 0.2) is 0 Å². The molecule has 3 heteroatoms. The van der Waals surface area contributed by atoms with Gasteiger partial charge in [-0.2, -0.15) is 0 Å². The molecule has 1 nitrogen and oxygen atoms in total. The smallest absolute Gasteiger partial charge is 0.00997 e. The van der Waals surface area contributed by atoms with Crippen molar-refractivity contribution in [2.24, 2.45) is 0 Å². The van der Waals surface area contributed by atoms with E-state index in [9.17, 15) is 0 Å². The lowest BCUT2D eigenvalue weighted by molar-refractivity contribution is 0.438. The standard InChI is InChI=1S/C9H22NPS/c1-6-9(2,3)11-12-8-7-10(4)5/h11H,6-8H2,1-5H3. The molecule has 0 fully saturated rings. The summed E-state index contributed by atoms with van der Waals surface area (Å²) in [4.78, 5) is 2.25. The van der Waals surface area contributed by atoms with Gasteiger partial charge in [0.1, 0.15) is 0 Å². The maximum atomic E-state index is 2.36. The fraction of sp³-hybridized carbons (Fsp3) is 1.00. The Morgan fingerprint density at radius 3 is 2.33 bits per heavy atom. The maximum absolute atomic E-state index is 2.36. The normalized spacial score (nSPS) is 13.5. The zero-order valence-electron chi connectivity index (χ0n) is 8.98. The molecule has 0 aromatic heterocycles. The van der Waals surface area contributed by atoms with E-state index in [0.29, 0.717) is 5.16 Å². The summed E-state index contributed by atoms with van der Waals surface area (Å²) in [6, 6.07) is 0. The summed E-state index contributed by atoms with van der Waals surface area (Å²) in [5.74, 6) is 1.27. The Bertz CT molecular complexity index is 115. The van der Waals surface area contributed by atoms with E-state index in [4.69, 9.17) is 0 Å². The van der Waals surface area contributed by atoms with Crippen molar-refractivity contribution in [3.05, 3.63) is 0 Å². The van der Waals surface area contributed by atoms with Gasteiger partial charge in [-0.05, 0) is 25.7 Å². The lowest BCUT2D eigenvalue weighted by Gasteiger charge is -2.22. The van der Waals surface area contributed by atoms with Crippen LogP contribution in [0.5, 0.6) is 0 Å². The van der Waals surface area contributed by atoms with E-state index in [-0.39, 0.29) is 0 Å². The van der Waals surface area contributed by atoms with Gasteiger partial charge in [0.05, 0.1) is 0 Å². The monoisotopic (exact) mass is 207 g/mol. The summed E-state index contributed by atoms with van der Waals surface area (Å²) >= 11 is 2.10. The van der Waals surface area contributed by atoms with Crippen molar-refractivity contribution in [3.8, 4) is 0 Å². The molecule has 0 radical (unpaired) electrons. The first kappa shape index (κ1) is 12.7. The van der Waals surface area contributed by atoms with Gasteiger partial charge in [-0.15, -0.1) is 11.4 Å². The third-order valence-electron chi connectivity index (χ3n) is 1.87. The van der Waals surface area contributed by atoms with Crippen LogP contribution in [0, 0.1) is 0 Å². The van der Waals surface area contributed by atoms with Crippen LogP contribution in [0.25, 0.3) is 0 Å². The Morgan fingerprint density at radius 2 is 1.92 bits per heavy atom. The zero-order valence-corrected chi connectivity index (χ0v) is 10.8. The van der Waals surface area contributed by atoms with Crippen molar-refractivity contribution in [1.82, 2.24) is 4.90 Å². The fourth-order valence-corrected chi connectivity index (χ4v) is 3.83. The number of hydrogen-bond acceptors (Lipinski definition) is 2. The van der Waals surface area contributed by atoms with Gasteiger partial charge in [-0.3, -0.25) is 0 Å². The lowest BCUT2D eigenvalue weighted by atomic mass is 10.1. The van der Waals surface area contributed by atoms with Crippen molar-refractivity contribution in [2.45, 2.75) is 32.3 Å². The molecule has 0 N–H and O–H groups in total. The second-order valence-electron chi connectivity index (χ2n) is 3.99. The minimum Gasteiger partial charge on any atom is -0.309 e. The first-order valence-electron chi connectivity index (χ1n) is 4.51. The molecule has 1 atom stereocenters. The molecule has 0 aromatic rings. The highest BCUT2D eigenvalue weighted by Crippen LogP contribution is 2.44. The molecule has 74 valence electrons. The van der Waals surface area contributed by atoms with Gasteiger partial charge in [0.25, 0.3) is 0 Å². The highest BCUT2D eigenvalue weighted by atomic mass is 32.7. The van der Waals surface area contributed by atoms with Gasteiger partial charge >= 0.3 is 0 Å². The van der Waals surface area contributed by atoms with Crippen LogP contribution in [-0.4, -0.2) is 36.4 Å². The van der Waals surface area contributed by atoms with E-state index in [2.05, 4.69) is 51.1 Å². The van der Waals surface area contributed by atoms with Crippen LogP contribution >= 0.6 is 19.2 Å². The molecular formula is C9H22NPS. The third-order valence-corrected chi connectivity index (χ3v) is 6.01. The molecule has 0 heterocycles. The van der Waals surface area contributed by atoms with Gasteiger partial charge in [-0.25, -0.2) is 0 Å². The molecule has 0 aromatic carbocycles. The van der Waals surface area contributed by atoms with Crippen molar-refractivity contribution in [1.29, 1.82) is 0 Å². The third kappa shape index (κ3) is 7.39. The van der Waals surface area contributed by atoms with Crippen LogP contribution < -0.4 is 0 Å². The second kappa shape index (κ2) is 6.23. The molecule has 0 saturated heterocycles. The van der Waals surface area contributed by atoms with Crippen molar-refractivity contribution < 1.29 is 0 Å². The van der Waals surface area contributed by atoms with Crippen molar-refractivity contribution in [2.75, 3.05) is 26.4 Å². The molecule has 0 bridgehead atoms. The van der Waals surface area contributed by atoms with Crippen LogP contribution in [-0.2, 0) is 0 Å². The Kier molecular flexibility index (Phi) is 6.62. The Morgan fingerprint density at radius 1 is 1.33 bits per heavy atom. The number of nitrogens with zero attached hydrogens (tertiary/aromatic N) is 1. The maximum Gasteiger partial charge on any atom is 0.00997 e. The topological polar surface area (TPSA) is 3.24 Å². The molecule has 0 amide bonds. The van der Waals surface area contributed by atoms with Gasteiger partial charge in [0.2, 0.25) is 0 Å². The van der Waals surface area contributed by atoms with Gasteiger partial charge in [0, 0.05) is 12.3 Å². The lowest BCUT2D eigenvalue weighted by Crippen LogP contribution is -2.15. The minimum atomic E-state index is 0.553. The van der Waals surface area contributed by atoms with Crippen molar-refractivity contribution in [3.63, 3.8) is 0 Å². The zero-order chi connectivity index (χ0) is 9.61. The van der Waals surface area contributed by atoms with Crippen LogP contribution in [0.1, 0.15) is 27.2 Å². The van der Waals surface area contributed by atoms with Crippen LogP contribution in [0.3, 0.4) is 0 Å². The Balaban J connectivity index is 3.31. The largest absolute Gasteiger partial charge is 0.309 e. The molecule has 12 heavy (non-hydrogen) atoms. The molecule has 0 aliphatic carbocycles. The molecule has 0 aliphatic rings. The summed E-state index contributed by atoms with van der Waals surface area (Å²) in [6.45, 7) is 8.19. The molecule has 0 rings (SSSR count). The summed E-state index contributed by atoms with van der Waals surface area (Å²) in [6.07, 6.45) is 1.29. The summed E-state index contributed by atoms with van der Waals surface area (Å²) in [5, 5.41) is 0.553. The first-order valence-corrected chi connectivity index (χ1v) is 7.22. The van der Waals surface area contributed by atoms with E-state index in [0.717, 1.165) is 7.78 Å². The van der Waals surface area contributed by atoms with E-state index in [1.54, 1.807) is 0 Å². The predicted molar refractivity (Wildman–Crippen MR) is 63.7 cm³/mol. The summed E-state index contributed by atoms with van der Waals surface area (Å²) in [7, 11) is 5.32. The quantitative estimate of drug-likeness (QED) is 0.486. The summed E-state index contributed by atoms with van der Waals surface area (Å²) in [5.41, 5.74) is 0. The molecular weight excluding hydrogens is 185 g/mol. The highest BCUT2D eigenvalue weighted by Gasteiger charge is 2.14. The molecule has 0 saturated carbocycles. The van der Waals surface area contributed by atoms with Crippen molar-refractivity contribution >= 4 is 19.2 Å². The van der Waals surface area contributed by atoms with Crippen LogP contribution in [0.2, 0.25) is 0 Å². The molecule has 0 aliphatic heterocycles. The predicted octanol–water partition coefficient (Wildman–Crippen LogP) is 3.06. The van der Waals surface area contributed by atoms with E-state index < -0.39 is 0 Å². The van der Waals surface area contributed by atoms with Gasteiger partial charge < -0.3 is 4.90 Å². The molecule has 1 unspecified atom stereocenters. The Labute approximate surface area is 83.2 Å².